The van der Waals surface area contributed by atoms with Crippen molar-refractivity contribution in [3.63, 3.8) is 0 Å². The highest BCUT2D eigenvalue weighted by Crippen LogP contribution is 2.37. The monoisotopic (exact) mass is 446 g/mol. The summed E-state index contributed by atoms with van der Waals surface area (Å²) in [4.78, 5) is 15.3. The number of para-hydroxylation sites is 1. The fourth-order valence-electron chi connectivity index (χ4n) is 4.30. The first-order valence-electron chi connectivity index (χ1n) is 10.5. The Kier molecular flexibility index (Phi) is 5.23. The van der Waals surface area contributed by atoms with Gasteiger partial charge in [-0.2, -0.15) is 5.10 Å². The van der Waals surface area contributed by atoms with Gasteiger partial charge in [-0.15, -0.1) is 0 Å². The number of nitrogens with zero attached hydrogens (tertiary/aromatic N) is 3. The Bertz CT molecular complexity index is 1280. The van der Waals surface area contributed by atoms with Gasteiger partial charge in [0.05, 0.1) is 30.6 Å². The van der Waals surface area contributed by atoms with Crippen molar-refractivity contribution in [1.29, 1.82) is 0 Å². The molecule has 162 valence electrons. The molecule has 6 nitrogen and oxygen atoms in total. The second kappa shape index (κ2) is 8.20. The topological polar surface area (TPSA) is 63.3 Å². The van der Waals surface area contributed by atoms with E-state index in [1.54, 1.807) is 11.2 Å². The molecule has 1 N–H and O–H groups in total. The molecule has 0 radical (unpaired) electrons. The standard InChI is InChI=1S/C25H23ClN4O2/c1-16-23(17(2)30(28-16)14-18-8-3-5-11-21(18)26)24-27-22-12-6-4-10-20(22)25(31)29(24)15-19-9-7-13-32-19/h3-13,24,27H,14-15H2,1-2H3/t24-/m0/s1. The Morgan fingerprint density at radius 2 is 1.81 bits per heavy atom. The molecule has 3 heterocycles. The summed E-state index contributed by atoms with van der Waals surface area (Å²) in [5.41, 5.74) is 5.29. The first kappa shape index (κ1) is 20.4. The number of nitrogens with one attached hydrogen (secondary N) is 1. The minimum absolute atomic E-state index is 0.0431. The number of rotatable bonds is 5. The van der Waals surface area contributed by atoms with Crippen LogP contribution in [0.4, 0.5) is 5.69 Å². The van der Waals surface area contributed by atoms with E-state index in [9.17, 15) is 4.79 Å². The van der Waals surface area contributed by atoms with Crippen molar-refractivity contribution in [1.82, 2.24) is 14.7 Å². The van der Waals surface area contributed by atoms with Crippen LogP contribution < -0.4 is 5.32 Å². The number of anilines is 1. The number of hydrogen-bond donors (Lipinski definition) is 1. The second-order valence-corrected chi connectivity index (χ2v) is 8.35. The first-order chi connectivity index (χ1) is 15.5. The number of amides is 1. The number of halogens is 1. The highest BCUT2D eigenvalue weighted by molar-refractivity contribution is 6.31. The lowest BCUT2D eigenvalue weighted by molar-refractivity contribution is 0.0650. The zero-order valence-electron chi connectivity index (χ0n) is 17.9. The van der Waals surface area contributed by atoms with Gasteiger partial charge in [0, 0.05) is 22.0 Å². The highest BCUT2D eigenvalue weighted by Gasteiger charge is 2.36. The van der Waals surface area contributed by atoms with Gasteiger partial charge in [-0.05, 0) is 49.7 Å². The Hall–Kier alpha value is -3.51. The average Bonchev–Trinajstić information content (AvgIpc) is 3.40. The summed E-state index contributed by atoms with van der Waals surface area (Å²) in [5, 5.41) is 9.06. The normalized spacial score (nSPS) is 15.5. The smallest absolute Gasteiger partial charge is 0.258 e. The summed E-state index contributed by atoms with van der Waals surface area (Å²) in [6.45, 7) is 4.92. The zero-order chi connectivity index (χ0) is 22.2. The molecule has 2 aromatic carbocycles. The summed E-state index contributed by atoms with van der Waals surface area (Å²) in [6, 6.07) is 19.1. The molecule has 7 heteroatoms. The molecule has 1 amide bonds. The third-order valence-corrected chi connectivity index (χ3v) is 6.29. The molecule has 0 fully saturated rings. The van der Waals surface area contributed by atoms with Crippen molar-refractivity contribution < 1.29 is 9.21 Å². The summed E-state index contributed by atoms with van der Waals surface area (Å²) in [7, 11) is 0. The van der Waals surface area contributed by atoms with Crippen LogP contribution in [0.5, 0.6) is 0 Å². The lowest BCUT2D eigenvalue weighted by Gasteiger charge is -2.37. The van der Waals surface area contributed by atoms with E-state index in [1.165, 1.54) is 0 Å². The number of carbonyl (C=O) groups excluding carboxylic acids is 1. The molecule has 0 saturated heterocycles. The average molecular weight is 447 g/mol. The molecule has 0 unspecified atom stereocenters. The third-order valence-electron chi connectivity index (χ3n) is 5.92. The van der Waals surface area contributed by atoms with Crippen LogP contribution in [0.25, 0.3) is 0 Å². The molecule has 5 rings (SSSR count). The van der Waals surface area contributed by atoms with Gasteiger partial charge in [0.1, 0.15) is 11.9 Å². The van der Waals surface area contributed by atoms with E-state index in [0.29, 0.717) is 23.7 Å². The van der Waals surface area contributed by atoms with Crippen molar-refractivity contribution >= 4 is 23.2 Å². The number of hydrogen-bond acceptors (Lipinski definition) is 4. The van der Waals surface area contributed by atoms with E-state index >= 15 is 0 Å². The van der Waals surface area contributed by atoms with Gasteiger partial charge in [0.25, 0.3) is 5.91 Å². The van der Waals surface area contributed by atoms with E-state index < -0.39 is 0 Å². The van der Waals surface area contributed by atoms with Crippen molar-refractivity contribution in [2.75, 3.05) is 5.32 Å². The van der Waals surface area contributed by atoms with Crippen LogP contribution in [0, 0.1) is 13.8 Å². The van der Waals surface area contributed by atoms with E-state index in [0.717, 1.165) is 34.0 Å². The molecule has 4 aromatic rings. The van der Waals surface area contributed by atoms with Gasteiger partial charge < -0.3 is 14.6 Å². The lowest BCUT2D eigenvalue weighted by Crippen LogP contribution is -2.42. The maximum Gasteiger partial charge on any atom is 0.258 e. The van der Waals surface area contributed by atoms with Crippen molar-refractivity contribution in [3.05, 3.63) is 106 Å². The summed E-state index contributed by atoms with van der Waals surface area (Å²) in [5.74, 6) is 0.682. The number of aryl methyl sites for hydroxylation is 1. The van der Waals surface area contributed by atoms with Gasteiger partial charge in [-0.1, -0.05) is 41.9 Å². The Morgan fingerprint density at radius 1 is 1.03 bits per heavy atom. The Balaban J connectivity index is 1.56. The van der Waals surface area contributed by atoms with Crippen molar-refractivity contribution in [3.8, 4) is 0 Å². The number of carbonyl (C=O) groups is 1. The molecule has 0 aliphatic carbocycles. The minimum Gasteiger partial charge on any atom is -0.467 e. The van der Waals surface area contributed by atoms with Crippen LogP contribution in [-0.4, -0.2) is 20.6 Å². The molecule has 2 aromatic heterocycles. The predicted molar refractivity (Wildman–Crippen MR) is 124 cm³/mol. The van der Waals surface area contributed by atoms with Gasteiger partial charge >= 0.3 is 0 Å². The number of benzene rings is 2. The van der Waals surface area contributed by atoms with Crippen molar-refractivity contribution in [2.45, 2.75) is 33.1 Å². The fourth-order valence-corrected chi connectivity index (χ4v) is 4.50. The maximum atomic E-state index is 13.5. The van der Waals surface area contributed by atoms with E-state index in [2.05, 4.69) is 5.32 Å². The van der Waals surface area contributed by atoms with Gasteiger partial charge in [-0.3, -0.25) is 9.48 Å². The van der Waals surface area contributed by atoms with Crippen LogP contribution in [0.15, 0.2) is 71.3 Å². The molecule has 0 spiro atoms. The molecule has 0 saturated carbocycles. The highest BCUT2D eigenvalue weighted by atomic mass is 35.5. The number of fused-ring (bicyclic) bond motifs is 1. The third kappa shape index (κ3) is 3.56. The molecule has 1 atom stereocenters. The second-order valence-electron chi connectivity index (χ2n) is 7.94. The molecule has 32 heavy (non-hydrogen) atoms. The Labute approximate surface area is 191 Å². The molecular weight excluding hydrogens is 424 g/mol. The van der Waals surface area contributed by atoms with Gasteiger partial charge in [0.2, 0.25) is 0 Å². The molecule has 0 bridgehead atoms. The quantitative estimate of drug-likeness (QED) is 0.436. The number of aromatic nitrogens is 2. The fraction of sp³-hybridized carbons (Fsp3) is 0.200. The summed E-state index contributed by atoms with van der Waals surface area (Å²) < 4.78 is 7.51. The predicted octanol–water partition coefficient (Wildman–Crippen LogP) is 5.56. The van der Waals surface area contributed by atoms with Crippen molar-refractivity contribution in [2.24, 2.45) is 0 Å². The van der Waals surface area contributed by atoms with E-state index in [1.807, 2.05) is 79.2 Å². The summed E-state index contributed by atoms with van der Waals surface area (Å²) in [6.07, 6.45) is 1.25. The maximum absolute atomic E-state index is 13.5. The Morgan fingerprint density at radius 3 is 2.59 bits per heavy atom. The SMILES string of the molecule is Cc1nn(Cc2ccccc2Cl)c(C)c1[C@H]1Nc2ccccc2C(=O)N1Cc1ccco1. The van der Waals surface area contributed by atoms with Crippen LogP contribution in [0.3, 0.4) is 0 Å². The largest absolute Gasteiger partial charge is 0.467 e. The molecule has 1 aliphatic heterocycles. The zero-order valence-corrected chi connectivity index (χ0v) is 18.6. The number of furan rings is 1. The van der Waals surface area contributed by atoms with E-state index in [4.69, 9.17) is 21.1 Å². The van der Waals surface area contributed by atoms with Crippen LogP contribution in [0.2, 0.25) is 5.02 Å². The first-order valence-corrected chi connectivity index (χ1v) is 10.9. The van der Waals surface area contributed by atoms with Crippen LogP contribution in [0.1, 0.15) is 44.8 Å². The summed E-state index contributed by atoms with van der Waals surface area (Å²) >= 11 is 6.38. The van der Waals surface area contributed by atoms with Gasteiger partial charge in [0.15, 0.2) is 0 Å². The molecular formula is C25H23ClN4O2. The van der Waals surface area contributed by atoms with E-state index in [-0.39, 0.29) is 12.1 Å². The van der Waals surface area contributed by atoms with Gasteiger partial charge in [-0.25, -0.2) is 0 Å². The molecule has 1 aliphatic rings. The van der Waals surface area contributed by atoms with Crippen LogP contribution >= 0.6 is 11.6 Å². The minimum atomic E-state index is -0.373. The van der Waals surface area contributed by atoms with Crippen LogP contribution in [-0.2, 0) is 13.1 Å². The lowest BCUT2D eigenvalue weighted by atomic mass is 10.0.